The summed E-state index contributed by atoms with van der Waals surface area (Å²) < 4.78 is 352. The van der Waals surface area contributed by atoms with Gasteiger partial charge in [0, 0.05) is 64.7 Å². The molecule has 4 amide bonds. The number of aryl methyl sites for hydroxylation is 2. The number of amides is 4. The predicted molar refractivity (Wildman–Crippen MR) is 292 cm³/mol. The Balaban J connectivity index is 0.000000272. The summed E-state index contributed by atoms with van der Waals surface area (Å²) in [5.41, 5.74) is -1.76. The molecule has 0 aliphatic rings. The summed E-state index contributed by atoms with van der Waals surface area (Å²) in [6, 6.07) is -15.6. The standard InChI is InChI=1S/4C15H17NO2/c4*1-11(17)16-9-8-13-5-3-4-12-6-7-14(18-2)10-15(12)13/h4*3-7,10H,8-9H2,1-2H3,(H,16,17)/i2D3,3D,4D,5D,6D,7D,8D2,9D2,10D;3D,4D,5D,6D,7D,8D2,9D2,10D;2D3,3D,4D,5D,6D,7D,10D;3D,4D,5D,6D,7D,10D/hD4. The number of fused-ring (bicyclic) bond motifs is 4. The first kappa shape index (κ1) is 20.9. The van der Waals surface area contributed by atoms with E-state index in [-0.39, 0.29) is 99.1 Å². The van der Waals surface area contributed by atoms with Gasteiger partial charge >= 0.3 is 0 Å². The molecule has 0 saturated heterocycles. The quantitative estimate of drug-likeness (QED) is 0.0747. The molecule has 0 heterocycles. The van der Waals surface area contributed by atoms with Gasteiger partial charge in [-0.3, -0.25) is 19.2 Å². The van der Waals surface area contributed by atoms with Crippen molar-refractivity contribution < 1.29 is 95.9 Å². The lowest BCUT2D eigenvalue weighted by molar-refractivity contribution is -0.119. The Morgan fingerprint density at radius 3 is 1.01 bits per heavy atom. The molecule has 0 aromatic heterocycles. The van der Waals surface area contributed by atoms with Crippen LogP contribution in [0.3, 0.4) is 0 Å². The molecule has 0 spiro atoms. The van der Waals surface area contributed by atoms with Gasteiger partial charge in [-0.05, 0) is 139 Å². The molecule has 8 aromatic carbocycles. The second kappa shape index (κ2) is 28.5. The molecule has 0 fully saturated rings. The average Bonchev–Trinajstić information content (AvgIpc) is 0.719. The Morgan fingerprint density at radius 2 is 0.722 bits per heavy atom. The van der Waals surface area contributed by atoms with Crippen LogP contribution in [0.15, 0.2) is 145 Å². The molecular weight excluding hydrogens is 905 g/mol. The van der Waals surface area contributed by atoms with Crippen LogP contribution < -0.4 is 40.2 Å². The van der Waals surface area contributed by atoms with Gasteiger partial charge < -0.3 is 40.2 Å². The van der Waals surface area contributed by atoms with Crippen molar-refractivity contribution in [2.45, 2.75) is 53.3 Å². The lowest BCUT2D eigenvalue weighted by Crippen LogP contribution is -2.22. The van der Waals surface area contributed by atoms with Crippen LogP contribution in [0.1, 0.15) is 102 Å². The van der Waals surface area contributed by atoms with Gasteiger partial charge in [-0.2, -0.15) is 0 Å². The third kappa shape index (κ3) is 17.1. The van der Waals surface area contributed by atoms with Crippen molar-refractivity contribution >= 4 is 66.7 Å². The Morgan fingerprint density at radius 1 is 0.431 bits per heavy atom. The van der Waals surface area contributed by atoms with E-state index in [1.54, 1.807) is 0 Å². The van der Waals surface area contributed by atoms with Crippen LogP contribution in [0.2, 0.25) is 5.65 Å². The first-order chi connectivity index (χ1) is 51.8. The molecule has 12 nitrogen and oxygen atoms in total. The summed E-state index contributed by atoms with van der Waals surface area (Å²) in [6.07, 6.45) is -6.88. The van der Waals surface area contributed by atoms with Gasteiger partial charge in [0.15, 0.2) is 5.65 Å². The number of hydrogen-bond acceptors (Lipinski definition) is 8. The topological polar surface area (TPSA) is 153 Å². The second-order valence-corrected chi connectivity index (χ2v) is 13.7. The fourth-order valence-corrected chi connectivity index (χ4v) is 5.50. The Hall–Kier alpha value is -8.12. The van der Waals surface area contributed by atoms with Gasteiger partial charge in [0.2, 0.25) is 23.6 Å². The van der Waals surface area contributed by atoms with E-state index in [4.69, 9.17) is 71.9 Å². The third-order valence-corrected chi connectivity index (χ3v) is 8.61. The zero-order valence-electron chi connectivity index (χ0n) is 80.9. The van der Waals surface area contributed by atoms with Crippen molar-refractivity contribution in [3.05, 3.63) is 167 Å². The molecule has 0 radical (unpaired) electrons. The largest absolute Gasteiger partial charge is 0.497 e. The lowest BCUT2D eigenvalue weighted by Gasteiger charge is -2.08. The number of carbonyl (C=O) groups excluding carboxylic acids is 4. The molecule has 12 heteroatoms. The highest BCUT2D eigenvalue weighted by Crippen LogP contribution is 2.28. The molecule has 4 N–H and O–H groups in total. The molecule has 0 bridgehead atoms. The number of hydrogen-bond donors (Lipinski definition) is 4. The maximum atomic E-state index is 11.6. The molecule has 0 atom stereocenters. The summed E-state index contributed by atoms with van der Waals surface area (Å²) in [6.45, 7) is -3.02. The molecule has 8 rings (SSSR count). The fourth-order valence-electron chi connectivity index (χ4n) is 5.50. The summed E-state index contributed by atoms with van der Waals surface area (Å²) in [5.74, 6) is -5.67. The zero-order valence-corrected chi connectivity index (χ0v) is 38.9. The van der Waals surface area contributed by atoms with E-state index in [0.717, 1.165) is 21.0 Å². The van der Waals surface area contributed by atoms with Gasteiger partial charge in [-0.15, -0.1) is 0 Å². The Labute approximate surface area is 482 Å². The minimum absolute atomic E-state index is 0.00314. The number of nitrogens with one attached hydrogen (secondary N) is 4. The van der Waals surface area contributed by atoms with Gasteiger partial charge in [0.1, 0.15) is 23.0 Å². The molecule has 0 unspecified atom stereocenters. The maximum absolute atomic E-state index is 11.6. The van der Waals surface area contributed by atoms with E-state index in [2.05, 4.69) is 4.74 Å². The van der Waals surface area contributed by atoms with E-state index in [0.29, 0.717) is 10.6 Å². The molecule has 0 aliphatic heterocycles. The summed E-state index contributed by atoms with van der Waals surface area (Å²) in [4.78, 5) is 45.5. The highest BCUT2D eigenvalue weighted by atomic mass is 16.5. The molecule has 72 heavy (non-hydrogen) atoms. The van der Waals surface area contributed by atoms with Crippen molar-refractivity contribution in [3.8, 4) is 23.0 Å². The highest BCUT2D eigenvalue weighted by Gasteiger charge is 2.07. The highest BCUT2D eigenvalue weighted by molar-refractivity contribution is 5.90. The Bertz CT molecular complexity index is 5230. The van der Waals surface area contributed by atoms with Gasteiger partial charge in [0.25, 0.3) is 0 Å². The van der Waals surface area contributed by atoms with Crippen LogP contribution >= 0.6 is 0 Å². The van der Waals surface area contributed by atoms with Crippen LogP contribution in [0.4, 0.5) is 0 Å². The average molecular weight is 1020 g/mol. The predicted octanol–water partition coefficient (Wildman–Crippen LogP) is 10.1. The van der Waals surface area contributed by atoms with Crippen LogP contribution in [-0.2, 0) is 44.8 Å². The molecule has 0 aliphatic carbocycles. The van der Waals surface area contributed by atoms with Crippen LogP contribution in [0.5, 0.6) is 23.0 Å². The number of rotatable bonds is 16. The normalized spacial score (nSPS) is 19.8. The number of benzene rings is 8. The summed E-state index contributed by atoms with van der Waals surface area (Å²) in [7, 11) is -3.80. The monoisotopic (exact) mass is 1010 g/mol. The summed E-state index contributed by atoms with van der Waals surface area (Å²) >= 11 is 0. The van der Waals surface area contributed by atoms with Gasteiger partial charge in [-0.1, -0.05) is 96.7 Å². The number of carbonyl (C=O) groups is 4. The maximum Gasteiger partial charge on any atom is 0.216 e. The van der Waals surface area contributed by atoms with Crippen LogP contribution in [0, 0.1) is 0 Å². The van der Waals surface area contributed by atoms with Crippen molar-refractivity contribution in [2.24, 2.45) is 0 Å². The lowest BCUT2D eigenvalue weighted by atomic mass is 10.0. The van der Waals surface area contributed by atoms with Gasteiger partial charge in [-0.25, -0.2) is 0 Å². The molecule has 0 saturated carbocycles. The number of methoxy groups -OCH3 is 4. The van der Waals surface area contributed by atoms with E-state index < -0.39 is 234 Å². The van der Waals surface area contributed by atoms with E-state index in [9.17, 15) is 19.2 Å². The van der Waals surface area contributed by atoms with Crippen molar-refractivity contribution in [1.82, 2.24) is 21.2 Å². The summed E-state index contributed by atoms with van der Waals surface area (Å²) in [5, 5.41) is -2.18. The van der Waals surface area contributed by atoms with E-state index in [1.807, 2.05) is 0 Å². The van der Waals surface area contributed by atoms with Crippen molar-refractivity contribution in [2.75, 3.05) is 54.4 Å². The Kier molecular flexibility index (Phi) is 8.29. The van der Waals surface area contributed by atoms with E-state index >= 15 is 0 Å². The van der Waals surface area contributed by atoms with Crippen LogP contribution in [0.25, 0.3) is 43.1 Å². The first-order valence-electron chi connectivity index (χ1n) is 41.3. The number of ether oxygens (including phenoxy) is 4. The second-order valence-electron chi connectivity index (χ2n) is 13.7. The fraction of sp³-hybridized carbons (Fsp3) is 0.267. The SMILES string of the molecule is [2H]c1c([2H])c(C([2H])([2H])C([2H])([2H])N([2H])C(C)=O)c2c([2H])c(OC([2H])([2H])[2H])c([2H])c([2H])c2c1[2H].[2H]c1c([2H])c(C([2H])([2H])C([2H])([2H])N([2H])C(C)=O)c2c([2H])c(OC)c([2H])c([2H])c2c1[2H].[2H]c1c([2H])c(CCN([2H])C(C)=O)c2c([2H])c(OC([2H])([2H])[2H])c([2H])c([2H])c2c1[2H].[2H]c1c([2H])c(CCN([2H])C(C)=O)c2c([2H])c(OC)c([2H])c([2H])c2c1[2H]. The van der Waals surface area contributed by atoms with Crippen molar-refractivity contribution in [1.29, 1.82) is 0 Å². The van der Waals surface area contributed by atoms with Gasteiger partial charge in [0.05, 0.1) is 69.4 Å². The smallest absolute Gasteiger partial charge is 0.216 e. The molecule has 8 aromatic rings. The van der Waals surface area contributed by atoms with Crippen LogP contribution in [-0.4, -0.2) is 78.0 Å². The minimum Gasteiger partial charge on any atom is -0.497 e. The third-order valence-electron chi connectivity index (χ3n) is 8.61. The molecule has 376 valence electrons. The zero-order chi connectivity index (χ0) is 88.4. The van der Waals surface area contributed by atoms with Crippen molar-refractivity contribution in [3.63, 3.8) is 0 Å². The minimum atomic E-state index is -3.46. The van der Waals surface area contributed by atoms with E-state index in [1.165, 1.54) is 21.0 Å². The first-order valence-corrected chi connectivity index (χ1v) is 20.5. The molecular formula is C60H68N4O8.